The zero-order chi connectivity index (χ0) is 18.4. The smallest absolute Gasteiger partial charge is 0.221 e. The highest BCUT2D eigenvalue weighted by atomic mass is 35.5. The average molecular weight is 433 g/mol. The van der Waals surface area contributed by atoms with Crippen molar-refractivity contribution < 1.29 is 14.3 Å². The molecule has 2 heterocycles. The van der Waals surface area contributed by atoms with Gasteiger partial charge in [0.15, 0.2) is 0 Å². The van der Waals surface area contributed by atoms with Gasteiger partial charge < -0.3 is 25.2 Å². The van der Waals surface area contributed by atoms with Crippen LogP contribution < -0.4 is 15.5 Å². The molecule has 2 amide bonds. The lowest BCUT2D eigenvalue weighted by atomic mass is 10.1. The van der Waals surface area contributed by atoms with Gasteiger partial charge in [0.05, 0.1) is 13.2 Å². The number of amides is 2. The third-order valence-electron chi connectivity index (χ3n) is 4.96. The summed E-state index contributed by atoms with van der Waals surface area (Å²) in [6.07, 6.45) is 0.430. The lowest BCUT2D eigenvalue weighted by molar-refractivity contribution is -0.129. The van der Waals surface area contributed by atoms with E-state index in [1.807, 2.05) is 17.0 Å². The third kappa shape index (κ3) is 6.81. The molecule has 1 unspecified atom stereocenters. The van der Waals surface area contributed by atoms with E-state index in [0.29, 0.717) is 26.2 Å². The minimum absolute atomic E-state index is 0. The van der Waals surface area contributed by atoms with Crippen LogP contribution in [0, 0.1) is 0 Å². The van der Waals surface area contributed by atoms with E-state index in [0.717, 1.165) is 44.0 Å². The molecule has 2 fully saturated rings. The van der Waals surface area contributed by atoms with E-state index in [1.54, 1.807) is 6.92 Å². The van der Waals surface area contributed by atoms with Gasteiger partial charge in [0.25, 0.3) is 0 Å². The Morgan fingerprint density at radius 2 is 1.89 bits per heavy atom. The summed E-state index contributed by atoms with van der Waals surface area (Å²) in [5.74, 6) is 0.162. The molecule has 0 saturated carbocycles. The first-order valence-electron chi connectivity index (χ1n) is 9.29. The Balaban J connectivity index is 0.00000196. The largest absolute Gasteiger partial charge is 0.378 e. The van der Waals surface area contributed by atoms with Crippen molar-refractivity contribution in [2.45, 2.75) is 25.9 Å². The SMILES string of the molecule is CC(=O)N1CCN(c2ccccc2CNC(=O)CC2COCCN2)CC1.Cl.Cl. The van der Waals surface area contributed by atoms with Crippen molar-refractivity contribution in [1.29, 1.82) is 0 Å². The molecule has 2 saturated heterocycles. The van der Waals surface area contributed by atoms with Crippen LogP contribution in [-0.2, 0) is 20.9 Å². The van der Waals surface area contributed by atoms with Crippen molar-refractivity contribution >= 4 is 42.3 Å². The number of morpholine rings is 1. The van der Waals surface area contributed by atoms with E-state index in [-0.39, 0.29) is 42.7 Å². The van der Waals surface area contributed by atoms with Gasteiger partial charge in [0.2, 0.25) is 11.8 Å². The lowest BCUT2D eigenvalue weighted by Gasteiger charge is -2.36. The van der Waals surface area contributed by atoms with E-state index in [4.69, 9.17) is 4.74 Å². The van der Waals surface area contributed by atoms with Gasteiger partial charge in [-0.2, -0.15) is 0 Å². The van der Waals surface area contributed by atoms with Crippen LogP contribution in [0.2, 0.25) is 0 Å². The van der Waals surface area contributed by atoms with Crippen molar-refractivity contribution in [2.75, 3.05) is 50.8 Å². The minimum Gasteiger partial charge on any atom is -0.378 e. The number of hydrogen-bond acceptors (Lipinski definition) is 5. The molecular formula is C19H30Cl2N4O3. The second kappa shape index (κ2) is 12.1. The molecule has 0 aromatic heterocycles. The molecule has 2 aliphatic rings. The topological polar surface area (TPSA) is 73.9 Å². The maximum absolute atomic E-state index is 12.2. The second-order valence-corrected chi connectivity index (χ2v) is 6.83. The van der Waals surface area contributed by atoms with Crippen LogP contribution in [0.1, 0.15) is 18.9 Å². The van der Waals surface area contributed by atoms with Crippen molar-refractivity contribution in [3.8, 4) is 0 Å². The summed E-state index contributed by atoms with van der Waals surface area (Å²) in [6, 6.07) is 8.24. The van der Waals surface area contributed by atoms with Gasteiger partial charge in [-0.15, -0.1) is 24.8 Å². The number of halogens is 2. The zero-order valence-electron chi connectivity index (χ0n) is 16.2. The first-order chi connectivity index (χ1) is 12.6. The fraction of sp³-hybridized carbons (Fsp3) is 0.579. The molecule has 2 aliphatic heterocycles. The molecule has 1 atom stereocenters. The summed E-state index contributed by atoms with van der Waals surface area (Å²) in [5, 5.41) is 6.33. The van der Waals surface area contributed by atoms with Gasteiger partial charge >= 0.3 is 0 Å². The highest BCUT2D eigenvalue weighted by Gasteiger charge is 2.21. The van der Waals surface area contributed by atoms with Crippen LogP contribution >= 0.6 is 24.8 Å². The Morgan fingerprint density at radius 1 is 1.18 bits per heavy atom. The van der Waals surface area contributed by atoms with E-state index >= 15 is 0 Å². The van der Waals surface area contributed by atoms with Crippen LogP contribution in [-0.4, -0.2) is 68.7 Å². The number of para-hydroxylation sites is 1. The first kappa shape index (κ1) is 24.5. The quantitative estimate of drug-likeness (QED) is 0.730. The molecule has 9 heteroatoms. The average Bonchev–Trinajstić information content (AvgIpc) is 2.67. The van der Waals surface area contributed by atoms with Crippen LogP contribution in [0.5, 0.6) is 0 Å². The Bertz CT molecular complexity index is 633. The van der Waals surface area contributed by atoms with Crippen LogP contribution in [0.15, 0.2) is 24.3 Å². The summed E-state index contributed by atoms with van der Waals surface area (Å²) in [4.78, 5) is 27.9. The van der Waals surface area contributed by atoms with Gasteiger partial charge in [-0.1, -0.05) is 18.2 Å². The summed E-state index contributed by atoms with van der Waals surface area (Å²) < 4.78 is 5.39. The van der Waals surface area contributed by atoms with Gasteiger partial charge in [0, 0.05) is 64.3 Å². The molecular weight excluding hydrogens is 403 g/mol. The molecule has 0 bridgehead atoms. The summed E-state index contributed by atoms with van der Waals surface area (Å²) in [5.41, 5.74) is 2.24. The molecule has 0 radical (unpaired) electrons. The predicted octanol–water partition coefficient (Wildman–Crippen LogP) is 1.19. The summed E-state index contributed by atoms with van der Waals surface area (Å²) in [6.45, 7) is 7.33. The number of hydrogen-bond donors (Lipinski definition) is 2. The van der Waals surface area contributed by atoms with Crippen LogP contribution in [0.4, 0.5) is 5.69 Å². The van der Waals surface area contributed by atoms with E-state index in [2.05, 4.69) is 27.7 Å². The standard InChI is InChI=1S/C19H28N4O3.2ClH/c1-15(24)22-7-9-23(10-8-22)18-5-3-2-4-16(18)13-21-19(25)12-17-14-26-11-6-20-17;;/h2-5,17,20H,6-14H2,1H3,(H,21,25);2*1H. The molecule has 3 rings (SSSR count). The van der Waals surface area contributed by atoms with Crippen LogP contribution in [0.3, 0.4) is 0 Å². The monoisotopic (exact) mass is 432 g/mol. The summed E-state index contributed by atoms with van der Waals surface area (Å²) in [7, 11) is 0. The second-order valence-electron chi connectivity index (χ2n) is 6.83. The highest BCUT2D eigenvalue weighted by molar-refractivity contribution is 5.85. The number of piperazine rings is 1. The summed E-state index contributed by atoms with van der Waals surface area (Å²) >= 11 is 0. The third-order valence-corrected chi connectivity index (χ3v) is 4.96. The maximum atomic E-state index is 12.2. The van der Waals surface area contributed by atoms with E-state index in [1.165, 1.54) is 0 Å². The molecule has 1 aromatic rings. The Labute approximate surface area is 179 Å². The molecule has 158 valence electrons. The molecule has 28 heavy (non-hydrogen) atoms. The molecule has 0 spiro atoms. The minimum atomic E-state index is 0. The van der Waals surface area contributed by atoms with Crippen molar-refractivity contribution in [3.63, 3.8) is 0 Å². The number of ether oxygens (including phenoxy) is 1. The van der Waals surface area contributed by atoms with E-state index in [9.17, 15) is 9.59 Å². The zero-order valence-corrected chi connectivity index (χ0v) is 17.8. The highest BCUT2D eigenvalue weighted by Crippen LogP contribution is 2.22. The fourth-order valence-electron chi connectivity index (χ4n) is 3.47. The first-order valence-corrected chi connectivity index (χ1v) is 9.29. The number of nitrogens with one attached hydrogen (secondary N) is 2. The van der Waals surface area contributed by atoms with Gasteiger partial charge in [-0.05, 0) is 11.6 Å². The lowest BCUT2D eigenvalue weighted by Crippen LogP contribution is -2.48. The normalized spacial score (nSPS) is 19.2. The number of anilines is 1. The molecule has 0 aliphatic carbocycles. The molecule has 2 N–H and O–H groups in total. The van der Waals surface area contributed by atoms with Gasteiger partial charge in [0.1, 0.15) is 0 Å². The Kier molecular flexibility index (Phi) is 10.6. The number of carbonyl (C=O) groups excluding carboxylic acids is 2. The number of carbonyl (C=O) groups is 2. The fourth-order valence-corrected chi connectivity index (χ4v) is 3.47. The van der Waals surface area contributed by atoms with E-state index < -0.39 is 0 Å². The number of rotatable bonds is 5. The predicted molar refractivity (Wildman–Crippen MR) is 114 cm³/mol. The maximum Gasteiger partial charge on any atom is 0.221 e. The van der Waals surface area contributed by atoms with Crippen LogP contribution in [0.25, 0.3) is 0 Å². The molecule has 7 nitrogen and oxygen atoms in total. The van der Waals surface area contributed by atoms with Crippen molar-refractivity contribution in [1.82, 2.24) is 15.5 Å². The van der Waals surface area contributed by atoms with Crippen molar-refractivity contribution in [3.05, 3.63) is 29.8 Å². The Morgan fingerprint density at radius 3 is 2.54 bits per heavy atom. The number of nitrogens with zero attached hydrogens (tertiary/aromatic N) is 2. The van der Waals surface area contributed by atoms with Crippen molar-refractivity contribution in [2.24, 2.45) is 0 Å². The Hall–Kier alpha value is -1.54. The molecule has 1 aromatic carbocycles. The van der Waals surface area contributed by atoms with Gasteiger partial charge in [-0.25, -0.2) is 0 Å². The van der Waals surface area contributed by atoms with Gasteiger partial charge in [-0.3, -0.25) is 9.59 Å². The number of benzene rings is 1.